The molecule has 0 radical (unpaired) electrons. The summed E-state index contributed by atoms with van der Waals surface area (Å²) < 4.78 is 36.6. The molecule has 1 amide bonds. The van der Waals surface area contributed by atoms with Gasteiger partial charge in [-0.25, -0.2) is 0 Å². The largest absolute Gasteiger partial charge is 0.416 e. The van der Waals surface area contributed by atoms with Crippen molar-refractivity contribution in [2.45, 2.75) is 56.2 Å². The van der Waals surface area contributed by atoms with Crippen LogP contribution in [0.2, 0.25) is 0 Å². The first-order chi connectivity index (χ1) is 15.8. The van der Waals surface area contributed by atoms with Gasteiger partial charge in [0.15, 0.2) is 0 Å². The third-order valence-corrected chi connectivity index (χ3v) is 7.47. The number of benzene rings is 2. The maximum atomic E-state index is 12.2. The second kappa shape index (κ2) is 9.72. The molecule has 5 rings (SSSR count). The molecule has 1 saturated heterocycles. The van der Waals surface area contributed by atoms with E-state index >= 15 is 0 Å². The molecule has 0 unspecified atom stereocenters. The topological polar surface area (TPSA) is 41.1 Å². The van der Waals surface area contributed by atoms with E-state index in [-0.39, 0.29) is 5.91 Å². The molecule has 2 aliphatic carbocycles. The molecule has 2 bridgehead atoms. The summed E-state index contributed by atoms with van der Waals surface area (Å²) in [6.07, 6.45) is 6.78. The van der Waals surface area contributed by atoms with E-state index in [1.807, 2.05) is 0 Å². The Morgan fingerprint density at radius 1 is 1.09 bits per heavy atom. The van der Waals surface area contributed by atoms with Crippen LogP contribution in [-0.4, -0.2) is 25.5 Å². The highest BCUT2D eigenvalue weighted by atomic mass is 19.4. The summed E-state index contributed by atoms with van der Waals surface area (Å²) in [5.74, 6) is 0.611. The van der Waals surface area contributed by atoms with Gasteiger partial charge in [0.05, 0.1) is 5.56 Å². The van der Waals surface area contributed by atoms with Crippen molar-refractivity contribution in [2.24, 2.45) is 5.92 Å². The molecule has 176 valence electrons. The molecule has 3 atom stereocenters. The summed E-state index contributed by atoms with van der Waals surface area (Å²) in [5.41, 5.74) is 3.72. The Bertz CT molecular complexity index is 995. The number of carbonyl (C=O) groups excluding carboxylic acids is 1. The van der Waals surface area contributed by atoms with Gasteiger partial charge in [-0.2, -0.15) is 13.2 Å². The van der Waals surface area contributed by atoms with Gasteiger partial charge in [0, 0.05) is 24.6 Å². The lowest BCUT2D eigenvalue weighted by atomic mass is 9.53. The summed E-state index contributed by atoms with van der Waals surface area (Å²) >= 11 is 0. The number of likely N-dealkylation sites (N-methyl/N-ethyl adjacent to an activating group) is 1. The maximum absolute atomic E-state index is 12.2. The molecule has 2 N–H and O–H groups in total. The van der Waals surface area contributed by atoms with Crippen molar-refractivity contribution in [3.63, 3.8) is 0 Å². The van der Waals surface area contributed by atoms with Gasteiger partial charge in [-0.05, 0) is 73.0 Å². The summed E-state index contributed by atoms with van der Waals surface area (Å²) in [4.78, 5) is 10.8. The molecule has 0 aromatic heterocycles. The molecule has 0 spiro atoms. The zero-order valence-electron chi connectivity index (χ0n) is 18.9. The van der Waals surface area contributed by atoms with E-state index in [1.165, 1.54) is 76.4 Å². The van der Waals surface area contributed by atoms with E-state index in [1.54, 1.807) is 11.1 Å². The van der Waals surface area contributed by atoms with Crippen molar-refractivity contribution in [3.8, 4) is 0 Å². The number of halogens is 3. The molecular formula is C27H31F3N2O. The van der Waals surface area contributed by atoms with Crippen molar-refractivity contribution < 1.29 is 18.0 Å². The highest BCUT2D eigenvalue weighted by Crippen LogP contribution is 2.53. The van der Waals surface area contributed by atoms with Gasteiger partial charge in [0.25, 0.3) is 0 Å². The Morgan fingerprint density at radius 3 is 2.58 bits per heavy atom. The van der Waals surface area contributed by atoms with Gasteiger partial charge in [-0.3, -0.25) is 4.79 Å². The lowest BCUT2D eigenvalue weighted by Crippen LogP contribution is -2.59. The van der Waals surface area contributed by atoms with E-state index in [0.717, 1.165) is 24.1 Å². The van der Waals surface area contributed by atoms with Crippen LogP contribution in [0.1, 0.15) is 54.4 Å². The minimum atomic E-state index is -4.33. The number of nitrogens with one attached hydrogen (secondary N) is 2. The predicted octanol–water partition coefficient (Wildman–Crippen LogP) is 5.50. The van der Waals surface area contributed by atoms with Crippen LogP contribution in [0.25, 0.3) is 6.08 Å². The highest BCUT2D eigenvalue weighted by molar-refractivity contribution is 5.91. The summed E-state index contributed by atoms with van der Waals surface area (Å²) in [5, 5.41) is 6.15. The number of piperidine rings is 1. The SMILES string of the molecule is CNC(=O)C=Cc1ccc(C(F)(F)F)cc1.c1ccc2c(c1)C[C@H]1NCC[C@@]23CCCC[C@@H]13. The minimum Gasteiger partial charge on any atom is -0.356 e. The normalized spacial score (nSPS) is 25.9. The van der Waals surface area contributed by atoms with Crippen LogP contribution in [0.5, 0.6) is 0 Å². The van der Waals surface area contributed by atoms with E-state index in [9.17, 15) is 18.0 Å². The molecular weight excluding hydrogens is 425 g/mol. The second-order valence-corrected chi connectivity index (χ2v) is 9.25. The van der Waals surface area contributed by atoms with Crippen LogP contribution in [0.3, 0.4) is 0 Å². The molecule has 2 aromatic carbocycles. The van der Waals surface area contributed by atoms with Crippen LogP contribution in [-0.2, 0) is 22.8 Å². The number of hydrogen-bond donors (Lipinski definition) is 2. The molecule has 1 aliphatic heterocycles. The second-order valence-electron chi connectivity index (χ2n) is 9.25. The van der Waals surface area contributed by atoms with Crippen LogP contribution >= 0.6 is 0 Å². The Morgan fingerprint density at radius 2 is 1.85 bits per heavy atom. The van der Waals surface area contributed by atoms with Crippen molar-refractivity contribution in [3.05, 3.63) is 76.9 Å². The van der Waals surface area contributed by atoms with Crippen molar-refractivity contribution >= 4 is 12.0 Å². The molecule has 1 heterocycles. The Balaban J connectivity index is 0.000000158. The van der Waals surface area contributed by atoms with Crippen LogP contribution in [0.15, 0.2) is 54.6 Å². The quantitative estimate of drug-likeness (QED) is 0.586. The first kappa shape index (κ1) is 23.6. The van der Waals surface area contributed by atoms with Crippen molar-refractivity contribution in [2.75, 3.05) is 13.6 Å². The average Bonchev–Trinajstić information content (AvgIpc) is 2.82. The van der Waals surface area contributed by atoms with Gasteiger partial charge in [0.1, 0.15) is 0 Å². The standard InChI is InChI=1S/C16H21N.C11H10F3NO/c1-2-6-13-12(5-1)11-15-14-7-3-4-8-16(13,14)9-10-17-15;1-15-10(16)7-4-8-2-5-9(6-3-8)11(12,13)14/h1-2,5-6,14-15,17H,3-4,7-11H2;2-7H,1H3,(H,15,16)/t14-,15+,16-;/m0./s1. The predicted molar refractivity (Wildman–Crippen MR) is 125 cm³/mol. The Hall–Kier alpha value is -2.60. The Labute approximate surface area is 193 Å². The van der Waals surface area contributed by atoms with Gasteiger partial charge in [0.2, 0.25) is 5.91 Å². The van der Waals surface area contributed by atoms with Gasteiger partial charge in [-0.15, -0.1) is 0 Å². The molecule has 1 saturated carbocycles. The molecule has 3 aliphatic rings. The number of hydrogen-bond acceptors (Lipinski definition) is 2. The first-order valence-electron chi connectivity index (χ1n) is 11.7. The van der Waals surface area contributed by atoms with Gasteiger partial charge in [-0.1, -0.05) is 49.2 Å². The lowest BCUT2D eigenvalue weighted by Gasteiger charge is -2.56. The third-order valence-electron chi connectivity index (χ3n) is 7.47. The highest BCUT2D eigenvalue weighted by Gasteiger charge is 2.51. The van der Waals surface area contributed by atoms with E-state index < -0.39 is 11.7 Å². The van der Waals surface area contributed by atoms with Crippen molar-refractivity contribution in [1.29, 1.82) is 0 Å². The van der Waals surface area contributed by atoms with Crippen LogP contribution in [0, 0.1) is 5.92 Å². The number of alkyl halides is 3. The van der Waals surface area contributed by atoms with Crippen molar-refractivity contribution in [1.82, 2.24) is 10.6 Å². The number of fused-ring (bicyclic) bond motifs is 1. The summed E-state index contributed by atoms with van der Waals surface area (Å²) in [6, 6.07) is 14.6. The van der Waals surface area contributed by atoms with E-state index in [0.29, 0.717) is 11.0 Å². The molecule has 6 heteroatoms. The fourth-order valence-electron chi connectivity index (χ4n) is 5.93. The minimum absolute atomic E-state index is 0.306. The molecule has 33 heavy (non-hydrogen) atoms. The fourth-order valence-corrected chi connectivity index (χ4v) is 5.93. The average molecular weight is 457 g/mol. The molecule has 2 fully saturated rings. The monoisotopic (exact) mass is 456 g/mol. The first-order valence-corrected chi connectivity index (χ1v) is 11.7. The summed E-state index contributed by atoms with van der Waals surface area (Å²) in [7, 11) is 1.47. The molecule has 3 nitrogen and oxygen atoms in total. The lowest BCUT2D eigenvalue weighted by molar-refractivity contribution is -0.137. The van der Waals surface area contributed by atoms with Gasteiger partial charge < -0.3 is 10.6 Å². The third kappa shape index (κ3) is 5.01. The number of amides is 1. The molecule has 2 aromatic rings. The number of carbonyl (C=O) groups is 1. The number of rotatable bonds is 2. The zero-order valence-corrected chi connectivity index (χ0v) is 18.9. The maximum Gasteiger partial charge on any atom is 0.416 e. The fraction of sp³-hybridized carbons (Fsp3) is 0.444. The van der Waals surface area contributed by atoms with Crippen LogP contribution < -0.4 is 10.6 Å². The smallest absolute Gasteiger partial charge is 0.356 e. The van der Waals surface area contributed by atoms with E-state index in [4.69, 9.17) is 0 Å². The Kier molecular flexibility index (Phi) is 6.94. The zero-order chi connectivity index (χ0) is 23.5. The van der Waals surface area contributed by atoms with Crippen LogP contribution in [0.4, 0.5) is 13.2 Å². The summed E-state index contributed by atoms with van der Waals surface area (Å²) in [6.45, 7) is 1.23. The van der Waals surface area contributed by atoms with E-state index in [2.05, 4.69) is 34.9 Å². The van der Waals surface area contributed by atoms with Gasteiger partial charge >= 0.3 is 6.18 Å².